The average Bonchev–Trinajstić information content (AvgIpc) is 2.73. The van der Waals surface area contributed by atoms with Crippen molar-refractivity contribution in [2.24, 2.45) is 0 Å². The highest BCUT2D eigenvalue weighted by Gasteiger charge is 2.10. The van der Waals surface area contributed by atoms with Crippen LogP contribution in [0.3, 0.4) is 0 Å². The molecule has 0 saturated heterocycles. The van der Waals surface area contributed by atoms with Gasteiger partial charge < -0.3 is 28.7 Å². The number of fused-ring (bicyclic) bond motifs is 2. The minimum atomic E-state index is -0.0518. The predicted octanol–water partition coefficient (Wildman–Crippen LogP) is 3.59. The molecule has 2 heterocycles. The molecule has 0 amide bonds. The molecule has 0 radical (unpaired) electrons. The zero-order chi connectivity index (χ0) is 21.3. The van der Waals surface area contributed by atoms with Crippen LogP contribution in [-0.4, -0.2) is 57.3 Å². The average molecular weight is 426 g/mol. The number of nitrogens with one attached hydrogen (secondary N) is 1. The van der Waals surface area contributed by atoms with Crippen LogP contribution in [-0.2, 0) is 36.9 Å². The molecule has 1 atom stereocenters. The van der Waals surface area contributed by atoms with E-state index in [1.54, 1.807) is 12.1 Å². The lowest BCUT2D eigenvalue weighted by Crippen LogP contribution is -2.23. The van der Waals surface area contributed by atoms with Crippen LogP contribution in [0.4, 0.5) is 0 Å². The summed E-state index contributed by atoms with van der Waals surface area (Å²) in [5.41, 5.74) is 1.43. The van der Waals surface area contributed by atoms with Crippen LogP contribution < -0.4 is 5.43 Å². The molecule has 0 aromatic carbocycles. The van der Waals surface area contributed by atoms with Crippen LogP contribution in [0, 0.1) is 0 Å². The van der Waals surface area contributed by atoms with E-state index in [0.29, 0.717) is 59.5 Å². The Bertz CT molecular complexity index is 606. The van der Waals surface area contributed by atoms with Crippen molar-refractivity contribution in [3.05, 3.63) is 33.7 Å². The van der Waals surface area contributed by atoms with E-state index in [2.05, 4.69) is 11.9 Å². The van der Waals surface area contributed by atoms with Crippen molar-refractivity contribution in [3.63, 3.8) is 0 Å². The molecular formula is C23H39NO6. The number of unbranched alkanes of at least 4 members (excludes halogenated alkanes) is 5. The highest BCUT2D eigenvalue weighted by molar-refractivity contribution is 5.10. The number of hydrogen-bond acceptors (Lipinski definition) is 6. The highest BCUT2D eigenvalue weighted by atomic mass is 16.6. The molecule has 7 heteroatoms. The Morgan fingerprint density at radius 2 is 1.40 bits per heavy atom. The zero-order valence-electron chi connectivity index (χ0n) is 18.5. The highest BCUT2D eigenvalue weighted by Crippen LogP contribution is 2.11. The molecule has 0 fully saturated rings. The fourth-order valence-electron chi connectivity index (χ4n) is 3.38. The topological polar surface area (TPSA) is 79.0 Å². The Kier molecular flexibility index (Phi) is 13.7. The fourth-order valence-corrected chi connectivity index (χ4v) is 3.38. The summed E-state index contributed by atoms with van der Waals surface area (Å²) >= 11 is 0. The molecule has 1 N–H and O–H groups in total. The van der Waals surface area contributed by atoms with E-state index in [-0.39, 0.29) is 11.5 Å². The van der Waals surface area contributed by atoms with Crippen molar-refractivity contribution in [1.29, 1.82) is 0 Å². The summed E-state index contributed by atoms with van der Waals surface area (Å²) in [6.07, 6.45) is 8.66. The summed E-state index contributed by atoms with van der Waals surface area (Å²) in [5, 5.41) is 0. The van der Waals surface area contributed by atoms with Gasteiger partial charge in [0, 0.05) is 23.5 Å². The van der Waals surface area contributed by atoms with Crippen molar-refractivity contribution < 1.29 is 23.7 Å². The van der Waals surface area contributed by atoms with Gasteiger partial charge in [-0.15, -0.1) is 0 Å². The van der Waals surface area contributed by atoms with Crippen molar-refractivity contribution >= 4 is 0 Å². The summed E-state index contributed by atoms with van der Waals surface area (Å²) < 4.78 is 28.6. The molecular weight excluding hydrogens is 386 g/mol. The minimum absolute atomic E-state index is 0.0518. The van der Waals surface area contributed by atoms with Crippen LogP contribution in [0.25, 0.3) is 0 Å². The first-order valence-electron chi connectivity index (χ1n) is 11.4. The molecule has 2 bridgehead atoms. The number of aromatic amines is 1. The third-order valence-electron chi connectivity index (χ3n) is 4.98. The van der Waals surface area contributed by atoms with E-state index >= 15 is 0 Å². The zero-order valence-corrected chi connectivity index (χ0v) is 18.5. The third-order valence-corrected chi connectivity index (χ3v) is 4.98. The second-order valence-electron chi connectivity index (χ2n) is 7.71. The van der Waals surface area contributed by atoms with Crippen molar-refractivity contribution in [1.82, 2.24) is 4.98 Å². The quantitative estimate of drug-likeness (QED) is 0.673. The molecule has 1 unspecified atom stereocenters. The number of ether oxygens (including phenoxy) is 5. The van der Waals surface area contributed by atoms with Crippen molar-refractivity contribution in [2.75, 3.05) is 46.2 Å². The van der Waals surface area contributed by atoms with Crippen LogP contribution in [0.5, 0.6) is 0 Å². The van der Waals surface area contributed by atoms with Gasteiger partial charge in [-0.25, -0.2) is 0 Å². The van der Waals surface area contributed by atoms with Gasteiger partial charge in [-0.1, -0.05) is 45.4 Å². The maximum atomic E-state index is 11.9. The van der Waals surface area contributed by atoms with Gasteiger partial charge in [0.15, 0.2) is 5.43 Å². The van der Waals surface area contributed by atoms with Crippen LogP contribution in [0.15, 0.2) is 16.9 Å². The van der Waals surface area contributed by atoms with Gasteiger partial charge >= 0.3 is 0 Å². The van der Waals surface area contributed by atoms with Gasteiger partial charge in [-0.05, 0) is 6.42 Å². The lowest BCUT2D eigenvalue weighted by molar-refractivity contribution is -0.0557. The summed E-state index contributed by atoms with van der Waals surface area (Å²) in [5.74, 6) is 0. The predicted molar refractivity (Wildman–Crippen MR) is 116 cm³/mol. The second-order valence-corrected chi connectivity index (χ2v) is 7.71. The third kappa shape index (κ3) is 11.8. The van der Waals surface area contributed by atoms with Gasteiger partial charge in [0.1, 0.15) is 0 Å². The van der Waals surface area contributed by atoms with Gasteiger partial charge in [0.2, 0.25) is 0 Å². The molecule has 1 aromatic heterocycles. The first-order chi connectivity index (χ1) is 14.8. The maximum Gasteiger partial charge on any atom is 0.182 e. The molecule has 0 saturated carbocycles. The molecule has 172 valence electrons. The van der Waals surface area contributed by atoms with Crippen LogP contribution >= 0.6 is 0 Å². The van der Waals surface area contributed by atoms with Crippen LogP contribution in [0.2, 0.25) is 0 Å². The Morgan fingerprint density at radius 3 is 2.13 bits per heavy atom. The SMILES string of the molecule is CCCCCCCCC1COCCOCCOCc2cc(=O)cc([nH]2)COCCO1. The Morgan fingerprint density at radius 1 is 0.800 bits per heavy atom. The number of H-pyrrole nitrogens is 1. The number of pyridine rings is 1. The molecule has 7 nitrogen and oxygen atoms in total. The first-order valence-corrected chi connectivity index (χ1v) is 11.4. The van der Waals surface area contributed by atoms with E-state index in [1.807, 2.05) is 0 Å². The van der Waals surface area contributed by atoms with Crippen molar-refractivity contribution in [2.45, 2.75) is 71.2 Å². The number of aromatic nitrogens is 1. The van der Waals surface area contributed by atoms with Gasteiger partial charge in [-0.3, -0.25) is 4.79 Å². The molecule has 2 rings (SSSR count). The standard InChI is InChI=1S/C23H39NO6/c1-2-3-4-5-6-7-8-23-19-29-12-10-26-9-11-27-17-20-15-22(25)16-21(24-20)18-28-13-14-30-23/h15-16,23H,2-14,17-19H2,1H3,(H,24,25). The monoisotopic (exact) mass is 425 g/mol. The number of rotatable bonds is 7. The molecule has 0 aliphatic carbocycles. The van der Waals surface area contributed by atoms with E-state index in [9.17, 15) is 4.79 Å². The van der Waals surface area contributed by atoms with Gasteiger partial charge in [-0.2, -0.15) is 0 Å². The number of hydrogen-bond donors (Lipinski definition) is 1. The first kappa shape index (κ1) is 25.0. The second kappa shape index (κ2) is 16.4. The Labute approximate surface area is 180 Å². The van der Waals surface area contributed by atoms with Gasteiger partial charge in [0.25, 0.3) is 0 Å². The summed E-state index contributed by atoms with van der Waals surface area (Å²) in [4.78, 5) is 15.1. The molecule has 30 heavy (non-hydrogen) atoms. The van der Waals surface area contributed by atoms with E-state index in [1.165, 1.54) is 32.1 Å². The maximum absolute atomic E-state index is 11.9. The normalized spacial score (nSPS) is 20.4. The lowest BCUT2D eigenvalue weighted by Gasteiger charge is -2.18. The molecule has 0 spiro atoms. The van der Waals surface area contributed by atoms with E-state index in [0.717, 1.165) is 24.2 Å². The summed E-state index contributed by atoms with van der Waals surface area (Å²) in [6, 6.07) is 3.10. The summed E-state index contributed by atoms with van der Waals surface area (Å²) in [6.45, 7) is 6.50. The van der Waals surface area contributed by atoms with Gasteiger partial charge in [0.05, 0.1) is 65.6 Å². The Hall–Kier alpha value is -1.25. The smallest absolute Gasteiger partial charge is 0.182 e. The van der Waals surface area contributed by atoms with Crippen LogP contribution in [0.1, 0.15) is 63.3 Å². The van der Waals surface area contributed by atoms with E-state index < -0.39 is 0 Å². The molecule has 1 aliphatic rings. The fraction of sp³-hybridized carbons (Fsp3) is 0.783. The largest absolute Gasteiger partial charge is 0.377 e. The molecule has 1 aliphatic heterocycles. The summed E-state index contributed by atoms with van der Waals surface area (Å²) in [7, 11) is 0. The minimum Gasteiger partial charge on any atom is -0.377 e. The van der Waals surface area contributed by atoms with Crippen molar-refractivity contribution in [3.8, 4) is 0 Å². The molecule has 1 aromatic rings. The van der Waals surface area contributed by atoms with E-state index in [4.69, 9.17) is 23.7 Å². The Balaban J connectivity index is 1.79. The lowest BCUT2D eigenvalue weighted by atomic mass is 10.1.